The Labute approximate surface area is 135 Å². The van der Waals surface area contributed by atoms with Gasteiger partial charge in [-0.15, -0.1) is 0 Å². The summed E-state index contributed by atoms with van der Waals surface area (Å²) < 4.78 is 10.6. The molecule has 1 atom stereocenters. The molecular weight excluding hydrogens is 296 g/mol. The van der Waals surface area contributed by atoms with Crippen LogP contribution < -0.4 is 15.4 Å². The Morgan fingerprint density at radius 1 is 1.26 bits per heavy atom. The molecule has 0 fully saturated rings. The largest absolute Gasteiger partial charge is 0.492 e. The first-order valence-corrected chi connectivity index (χ1v) is 7.49. The number of aliphatic hydroxyl groups excluding tert-OH is 1. The lowest BCUT2D eigenvalue weighted by Gasteiger charge is -2.12. The molecule has 0 spiro atoms. The second kappa shape index (κ2) is 8.24. The summed E-state index contributed by atoms with van der Waals surface area (Å²) in [7, 11) is 0. The van der Waals surface area contributed by atoms with Gasteiger partial charge in [-0.05, 0) is 49.2 Å². The van der Waals surface area contributed by atoms with Crippen molar-refractivity contribution >= 4 is 6.03 Å². The van der Waals surface area contributed by atoms with E-state index >= 15 is 0 Å². The molecule has 0 saturated carbocycles. The van der Waals surface area contributed by atoms with Crippen molar-refractivity contribution in [1.29, 1.82) is 0 Å². The van der Waals surface area contributed by atoms with E-state index in [1.165, 1.54) is 6.26 Å². The Bertz CT molecular complexity index is 605. The highest BCUT2D eigenvalue weighted by atomic mass is 16.5. The van der Waals surface area contributed by atoms with Crippen LogP contribution in [0.3, 0.4) is 0 Å². The average molecular weight is 318 g/mol. The van der Waals surface area contributed by atoms with Gasteiger partial charge in [0.1, 0.15) is 24.2 Å². The SMILES string of the molecule is Cc1cc(C)cc(OCCNC(=O)NCC(O)c2ccco2)c1. The van der Waals surface area contributed by atoms with Crippen LogP contribution in [0.15, 0.2) is 41.0 Å². The fraction of sp³-hybridized carbons (Fsp3) is 0.353. The van der Waals surface area contributed by atoms with Gasteiger partial charge in [-0.2, -0.15) is 0 Å². The minimum absolute atomic E-state index is 0.0806. The number of amides is 2. The van der Waals surface area contributed by atoms with Crippen LogP contribution >= 0.6 is 0 Å². The number of carbonyl (C=O) groups excluding carboxylic acids is 1. The fourth-order valence-corrected chi connectivity index (χ4v) is 2.18. The maximum absolute atomic E-state index is 11.6. The Kier molecular flexibility index (Phi) is 6.05. The first-order valence-electron chi connectivity index (χ1n) is 7.49. The normalized spacial score (nSPS) is 11.8. The average Bonchev–Trinajstić information content (AvgIpc) is 3.02. The quantitative estimate of drug-likeness (QED) is 0.684. The van der Waals surface area contributed by atoms with Crippen LogP contribution in [0.4, 0.5) is 4.79 Å². The summed E-state index contributed by atoms with van der Waals surface area (Å²) >= 11 is 0. The summed E-state index contributed by atoms with van der Waals surface area (Å²) in [6, 6.07) is 8.95. The highest BCUT2D eigenvalue weighted by Crippen LogP contribution is 2.15. The van der Waals surface area contributed by atoms with Crippen LogP contribution in [-0.2, 0) is 0 Å². The molecule has 1 aromatic heterocycles. The first kappa shape index (κ1) is 16.9. The molecule has 6 heteroatoms. The van der Waals surface area contributed by atoms with E-state index in [2.05, 4.69) is 16.7 Å². The summed E-state index contributed by atoms with van der Waals surface area (Å²) in [4.78, 5) is 11.6. The fourth-order valence-electron chi connectivity index (χ4n) is 2.18. The topological polar surface area (TPSA) is 83.7 Å². The monoisotopic (exact) mass is 318 g/mol. The molecule has 0 radical (unpaired) electrons. The molecule has 1 unspecified atom stereocenters. The van der Waals surface area contributed by atoms with E-state index in [4.69, 9.17) is 9.15 Å². The zero-order valence-electron chi connectivity index (χ0n) is 13.3. The molecule has 2 aromatic rings. The van der Waals surface area contributed by atoms with Crippen LogP contribution in [0, 0.1) is 13.8 Å². The van der Waals surface area contributed by atoms with Gasteiger partial charge in [-0.3, -0.25) is 0 Å². The van der Waals surface area contributed by atoms with Crippen molar-refractivity contribution in [3.05, 3.63) is 53.5 Å². The number of hydrogen-bond donors (Lipinski definition) is 3. The summed E-state index contributed by atoms with van der Waals surface area (Å²) in [5, 5.41) is 15.0. The lowest BCUT2D eigenvalue weighted by Crippen LogP contribution is -2.39. The van der Waals surface area contributed by atoms with Crippen LogP contribution in [0.5, 0.6) is 5.75 Å². The molecule has 1 heterocycles. The lowest BCUT2D eigenvalue weighted by atomic mass is 10.1. The van der Waals surface area contributed by atoms with Crippen LogP contribution in [0.25, 0.3) is 0 Å². The predicted molar refractivity (Wildman–Crippen MR) is 86.5 cm³/mol. The molecule has 124 valence electrons. The maximum atomic E-state index is 11.6. The van der Waals surface area contributed by atoms with Gasteiger partial charge in [0.25, 0.3) is 0 Å². The zero-order valence-corrected chi connectivity index (χ0v) is 13.3. The molecule has 2 rings (SSSR count). The molecule has 1 aromatic carbocycles. The number of benzene rings is 1. The molecule has 0 saturated heterocycles. The smallest absolute Gasteiger partial charge is 0.315 e. The molecule has 23 heavy (non-hydrogen) atoms. The Morgan fingerprint density at radius 2 is 2.00 bits per heavy atom. The maximum Gasteiger partial charge on any atom is 0.315 e. The van der Waals surface area contributed by atoms with E-state index in [-0.39, 0.29) is 12.6 Å². The third-order valence-corrected chi connectivity index (χ3v) is 3.18. The Morgan fingerprint density at radius 3 is 2.65 bits per heavy atom. The zero-order chi connectivity index (χ0) is 16.7. The molecule has 2 amide bonds. The summed E-state index contributed by atoms with van der Waals surface area (Å²) in [5.41, 5.74) is 2.27. The highest BCUT2D eigenvalue weighted by molar-refractivity contribution is 5.73. The number of aryl methyl sites for hydroxylation is 2. The number of hydrogen-bond acceptors (Lipinski definition) is 4. The number of rotatable bonds is 7. The summed E-state index contributed by atoms with van der Waals surface area (Å²) in [6.45, 7) is 4.84. The van der Waals surface area contributed by atoms with Gasteiger partial charge >= 0.3 is 6.03 Å². The number of furan rings is 1. The van der Waals surface area contributed by atoms with Gasteiger partial charge in [0.05, 0.1) is 19.4 Å². The first-order chi connectivity index (χ1) is 11.0. The number of nitrogens with one attached hydrogen (secondary N) is 2. The minimum atomic E-state index is -0.859. The predicted octanol–water partition coefficient (Wildman–Crippen LogP) is 2.31. The van der Waals surface area contributed by atoms with Gasteiger partial charge in [0.15, 0.2) is 0 Å². The van der Waals surface area contributed by atoms with Gasteiger partial charge in [-0.1, -0.05) is 6.07 Å². The van der Waals surface area contributed by atoms with E-state index < -0.39 is 6.10 Å². The molecule has 0 aliphatic rings. The number of ether oxygens (including phenoxy) is 1. The van der Waals surface area contributed by atoms with E-state index in [0.717, 1.165) is 16.9 Å². The van der Waals surface area contributed by atoms with Crippen molar-refractivity contribution in [3.63, 3.8) is 0 Å². The lowest BCUT2D eigenvalue weighted by molar-refractivity contribution is 0.147. The van der Waals surface area contributed by atoms with Gasteiger partial charge < -0.3 is 24.9 Å². The molecule has 0 aliphatic carbocycles. The van der Waals surface area contributed by atoms with Crippen molar-refractivity contribution in [2.24, 2.45) is 0 Å². The molecular formula is C17H22N2O4. The molecule has 0 bridgehead atoms. The Balaban J connectivity index is 1.63. The molecule has 0 aliphatic heterocycles. The second-order valence-electron chi connectivity index (χ2n) is 5.34. The third kappa shape index (κ3) is 5.67. The van der Waals surface area contributed by atoms with Crippen LogP contribution in [-0.4, -0.2) is 30.8 Å². The number of aliphatic hydroxyl groups is 1. The Hall–Kier alpha value is -2.47. The number of carbonyl (C=O) groups is 1. The summed E-state index contributed by atoms with van der Waals surface area (Å²) in [5.74, 6) is 1.21. The van der Waals surface area contributed by atoms with Crippen LogP contribution in [0.1, 0.15) is 23.0 Å². The van der Waals surface area contributed by atoms with E-state index in [0.29, 0.717) is 18.9 Å². The standard InChI is InChI=1S/C17H22N2O4/c1-12-8-13(2)10-14(9-12)22-7-5-18-17(21)19-11-15(20)16-4-3-6-23-16/h3-4,6,8-10,15,20H,5,7,11H2,1-2H3,(H2,18,19,21). The number of urea groups is 1. The van der Waals surface area contributed by atoms with E-state index in [1.54, 1.807) is 12.1 Å². The van der Waals surface area contributed by atoms with Gasteiger partial charge in [0, 0.05) is 0 Å². The van der Waals surface area contributed by atoms with Crippen molar-refractivity contribution < 1.29 is 19.1 Å². The van der Waals surface area contributed by atoms with E-state index in [1.807, 2.05) is 26.0 Å². The van der Waals surface area contributed by atoms with Crippen molar-refractivity contribution in [2.75, 3.05) is 19.7 Å². The van der Waals surface area contributed by atoms with E-state index in [9.17, 15) is 9.90 Å². The van der Waals surface area contributed by atoms with Crippen molar-refractivity contribution in [3.8, 4) is 5.75 Å². The second-order valence-corrected chi connectivity index (χ2v) is 5.34. The van der Waals surface area contributed by atoms with Gasteiger partial charge in [0.2, 0.25) is 0 Å². The van der Waals surface area contributed by atoms with Crippen molar-refractivity contribution in [2.45, 2.75) is 20.0 Å². The van der Waals surface area contributed by atoms with Crippen molar-refractivity contribution in [1.82, 2.24) is 10.6 Å². The molecule has 6 nitrogen and oxygen atoms in total. The van der Waals surface area contributed by atoms with Crippen LogP contribution in [0.2, 0.25) is 0 Å². The highest BCUT2D eigenvalue weighted by Gasteiger charge is 2.11. The minimum Gasteiger partial charge on any atom is -0.492 e. The third-order valence-electron chi connectivity index (χ3n) is 3.18. The van der Waals surface area contributed by atoms with Gasteiger partial charge in [-0.25, -0.2) is 4.79 Å². The molecule has 3 N–H and O–H groups in total. The summed E-state index contributed by atoms with van der Waals surface area (Å²) in [6.07, 6.45) is 0.616.